The molecule has 1 fully saturated rings. The highest BCUT2D eigenvalue weighted by Crippen LogP contribution is 2.38. The highest BCUT2D eigenvalue weighted by Gasteiger charge is 2.52. The van der Waals surface area contributed by atoms with E-state index in [2.05, 4.69) is 17.6 Å². The maximum Gasteiger partial charge on any atom is 0.491 e. The zero-order valence-electron chi connectivity index (χ0n) is 13.0. The summed E-state index contributed by atoms with van der Waals surface area (Å²) in [6.45, 7) is 8.01. The molecule has 1 aromatic rings. The Labute approximate surface area is 132 Å². The van der Waals surface area contributed by atoms with Crippen LogP contribution in [0.4, 0.5) is 0 Å². The third-order valence-electron chi connectivity index (χ3n) is 4.06. The fourth-order valence-electron chi connectivity index (χ4n) is 2.04. The monoisotopic (exact) mass is 307 g/mol. The molecule has 0 aliphatic carbocycles. The van der Waals surface area contributed by atoms with Crippen LogP contribution in [-0.2, 0) is 15.9 Å². The molecule has 6 heteroatoms. The van der Waals surface area contributed by atoms with E-state index in [0.717, 1.165) is 11.2 Å². The third kappa shape index (κ3) is 3.51. The number of nitrogens with zero attached hydrogens (tertiary/aromatic N) is 1. The zero-order valence-corrected chi connectivity index (χ0v) is 13.9. The molecule has 0 aromatic carbocycles. The summed E-state index contributed by atoms with van der Waals surface area (Å²) < 4.78 is 12.1. The van der Waals surface area contributed by atoms with Gasteiger partial charge in [0.2, 0.25) is 0 Å². The molecule has 21 heavy (non-hydrogen) atoms. The minimum atomic E-state index is -0.424. The number of hydrogen-bond acceptors (Lipinski definition) is 5. The molecule has 0 atom stereocenters. The summed E-state index contributed by atoms with van der Waals surface area (Å²) in [7, 11) is -0.424. The summed E-state index contributed by atoms with van der Waals surface area (Å²) >= 11 is 4.38. The average Bonchev–Trinajstić information content (AvgIpc) is 2.65. The van der Waals surface area contributed by atoms with Gasteiger partial charge >= 0.3 is 7.12 Å². The number of pyridine rings is 1. The number of hydrogen-bond donors (Lipinski definition) is 2. The van der Waals surface area contributed by atoms with E-state index >= 15 is 0 Å². The van der Waals surface area contributed by atoms with Crippen LogP contribution >= 0.6 is 12.6 Å². The first-order valence-electron chi connectivity index (χ1n) is 7.03. The Morgan fingerprint density at radius 3 is 2.43 bits per heavy atom. The van der Waals surface area contributed by atoms with Gasteiger partial charge < -0.3 is 14.4 Å². The standard InChI is InChI=1S/C15H22BNO3S/c1-14(2)15(3,4)20-16(19-14)11(10-21)8-12-6-5-7-13(9-18)17-12/h5-8,18,21H,9-10H2,1-4H3. The number of aliphatic hydroxyl groups is 1. The molecule has 0 bridgehead atoms. The average molecular weight is 307 g/mol. The van der Waals surface area contributed by atoms with Gasteiger partial charge in [0, 0.05) is 5.75 Å². The van der Waals surface area contributed by atoms with Crippen molar-refractivity contribution in [2.75, 3.05) is 5.75 Å². The Hall–Kier alpha value is -0.815. The molecule has 0 saturated carbocycles. The Balaban J connectivity index is 2.26. The van der Waals surface area contributed by atoms with Gasteiger partial charge in [0.05, 0.1) is 29.2 Å². The predicted molar refractivity (Wildman–Crippen MR) is 88.1 cm³/mol. The van der Waals surface area contributed by atoms with Crippen LogP contribution in [0.5, 0.6) is 0 Å². The molecule has 1 N–H and O–H groups in total. The molecule has 1 aliphatic rings. The molecular formula is C15H22BNO3S. The largest absolute Gasteiger partial charge is 0.491 e. The third-order valence-corrected chi connectivity index (χ3v) is 4.43. The van der Waals surface area contributed by atoms with Gasteiger partial charge in [0.25, 0.3) is 0 Å². The normalized spacial score (nSPS) is 20.9. The van der Waals surface area contributed by atoms with Crippen molar-refractivity contribution in [2.45, 2.75) is 45.5 Å². The second kappa shape index (κ2) is 6.12. The Kier molecular flexibility index (Phi) is 4.83. The van der Waals surface area contributed by atoms with Gasteiger partial charge in [-0.25, -0.2) is 0 Å². The van der Waals surface area contributed by atoms with E-state index in [0.29, 0.717) is 11.4 Å². The van der Waals surface area contributed by atoms with E-state index in [9.17, 15) is 0 Å². The molecule has 1 aliphatic heterocycles. The van der Waals surface area contributed by atoms with Gasteiger partial charge in [-0.05, 0) is 51.4 Å². The van der Waals surface area contributed by atoms with Crippen molar-refractivity contribution in [3.05, 3.63) is 35.1 Å². The summed E-state index contributed by atoms with van der Waals surface area (Å²) in [6.07, 6.45) is 1.91. The maximum atomic E-state index is 9.15. The van der Waals surface area contributed by atoms with Gasteiger partial charge in [-0.15, -0.1) is 0 Å². The van der Waals surface area contributed by atoms with E-state index in [4.69, 9.17) is 14.4 Å². The van der Waals surface area contributed by atoms with Crippen molar-refractivity contribution in [3.63, 3.8) is 0 Å². The fraction of sp³-hybridized carbons (Fsp3) is 0.533. The molecule has 2 rings (SSSR count). The van der Waals surface area contributed by atoms with Crippen molar-refractivity contribution in [2.24, 2.45) is 0 Å². The smallest absolute Gasteiger partial charge is 0.400 e. The second-order valence-corrected chi connectivity index (χ2v) is 6.49. The lowest BCUT2D eigenvalue weighted by Gasteiger charge is -2.32. The lowest BCUT2D eigenvalue weighted by atomic mass is 9.78. The van der Waals surface area contributed by atoms with Crippen molar-refractivity contribution in [1.29, 1.82) is 0 Å². The van der Waals surface area contributed by atoms with E-state index in [1.807, 2.05) is 45.9 Å². The number of thiol groups is 1. The second-order valence-electron chi connectivity index (χ2n) is 6.18. The lowest BCUT2D eigenvalue weighted by Crippen LogP contribution is -2.41. The summed E-state index contributed by atoms with van der Waals surface area (Å²) in [5.74, 6) is 0.516. The van der Waals surface area contributed by atoms with E-state index in [-0.39, 0.29) is 17.8 Å². The molecule has 0 spiro atoms. The van der Waals surface area contributed by atoms with Gasteiger partial charge in [0.1, 0.15) is 0 Å². The highest BCUT2D eigenvalue weighted by atomic mass is 32.1. The van der Waals surface area contributed by atoms with Gasteiger partial charge in [-0.2, -0.15) is 12.6 Å². The summed E-state index contributed by atoms with van der Waals surface area (Å²) in [6, 6.07) is 5.53. The topological polar surface area (TPSA) is 51.6 Å². The quantitative estimate of drug-likeness (QED) is 0.663. The first-order chi connectivity index (χ1) is 9.79. The predicted octanol–water partition coefficient (Wildman–Crippen LogP) is 2.52. The summed E-state index contributed by atoms with van der Waals surface area (Å²) in [4.78, 5) is 4.35. The van der Waals surface area contributed by atoms with Crippen molar-refractivity contribution >= 4 is 25.8 Å². The Morgan fingerprint density at radius 2 is 1.90 bits per heavy atom. The van der Waals surface area contributed by atoms with Crippen LogP contribution in [0.15, 0.2) is 23.7 Å². The minimum absolute atomic E-state index is 0.0750. The van der Waals surface area contributed by atoms with E-state index in [1.165, 1.54) is 0 Å². The van der Waals surface area contributed by atoms with Crippen molar-refractivity contribution in [3.8, 4) is 0 Å². The molecule has 4 nitrogen and oxygen atoms in total. The SMILES string of the molecule is CC1(C)OB(C(=Cc2cccc(CO)n2)CS)OC1(C)C. The highest BCUT2D eigenvalue weighted by molar-refractivity contribution is 7.80. The van der Waals surface area contributed by atoms with Crippen LogP contribution in [0.1, 0.15) is 39.1 Å². The van der Waals surface area contributed by atoms with Gasteiger partial charge in [-0.1, -0.05) is 6.07 Å². The fourth-order valence-corrected chi connectivity index (χ4v) is 2.28. The van der Waals surface area contributed by atoms with Gasteiger partial charge in [-0.3, -0.25) is 4.98 Å². The van der Waals surface area contributed by atoms with Gasteiger partial charge in [0.15, 0.2) is 0 Å². The minimum Gasteiger partial charge on any atom is -0.400 e. The molecule has 0 unspecified atom stereocenters. The number of aliphatic hydroxyl groups excluding tert-OH is 1. The van der Waals surface area contributed by atoms with Crippen LogP contribution in [0, 0.1) is 0 Å². The number of aromatic nitrogens is 1. The first-order valence-corrected chi connectivity index (χ1v) is 7.66. The van der Waals surface area contributed by atoms with Crippen LogP contribution in [-0.4, -0.2) is 34.2 Å². The molecule has 2 heterocycles. The van der Waals surface area contributed by atoms with Crippen LogP contribution in [0.25, 0.3) is 6.08 Å². The Bertz CT molecular complexity index is 529. The molecule has 0 radical (unpaired) electrons. The lowest BCUT2D eigenvalue weighted by molar-refractivity contribution is 0.00578. The molecule has 0 amide bonds. The number of rotatable bonds is 4. The van der Waals surface area contributed by atoms with Crippen LogP contribution in [0.3, 0.4) is 0 Å². The zero-order chi connectivity index (χ0) is 15.7. The summed E-state index contributed by atoms with van der Waals surface area (Å²) in [5, 5.41) is 9.15. The van der Waals surface area contributed by atoms with Crippen LogP contribution < -0.4 is 0 Å². The maximum absolute atomic E-state index is 9.15. The first kappa shape index (κ1) is 16.6. The van der Waals surface area contributed by atoms with Crippen LogP contribution in [0.2, 0.25) is 0 Å². The van der Waals surface area contributed by atoms with E-state index in [1.54, 1.807) is 6.07 Å². The molecule has 114 valence electrons. The Morgan fingerprint density at radius 1 is 1.29 bits per heavy atom. The van der Waals surface area contributed by atoms with Crippen molar-refractivity contribution < 1.29 is 14.4 Å². The molecule has 1 aromatic heterocycles. The summed E-state index contributed by atoms with van der Waals surface area (Å²) in [5.41, 5.74) is 1.57. The molecular weight excluding hydrogens is 285 g/mol. The van der Waals surface area contributed by atoms with E-state index < -0.39 is 7.12 Å². The molecule has 1 saturated heterocycles. The van der Waals surface area contributed by atoms with Crippen molar-refractivity contribution in [1.82, 2.24) is 4.98 Å².